The molecule has 0 bridgehead atoms. The maximum Gasteiger partial charge on any atom is 0.220 e. The molecule has 5 heteroatoms. The van der Waals surface area contributed by atoms with E-state index in [4.69, 9.17) is 4.74 Å². The van der Waals surface area contributed by atoms with Gasteiger partial charge in [0.2, 0.25) is 5.91 Å². The predicted molar refractivity (Wildman–Crippen MR) is 105 cm³/mol. The molecule has 1 amide bonds. The fourth-order valence-electron chi connectivity index (χ4n) is 4.17. The van der Waals surface area contributed by atoms with Crippen LogP contribution in [0.1, 0.15) is 37.7 Å². The van der Waals surface area contributed by atoms with Crippen molar-refractivity contribution in [2.75, 3.05) is 40.3 Å². The van der Waals surface area contributed by atoms with E-state index in [1.54, 1.807) is 7.11 Å². The van der Waals surface area contributed by atoms with E-state index in [0.29, 0.717) is 18.5 Å². The third-order valence-electron chi connectivity index (χ3n) is 5.82. The molecule has 0 saturated carbocycles. The van der Waals surface area contributed by atoms with Crippen molar-refractivity contribution in [2.24, 2.45) is 0 Å². The second-order valence-corrected chi connectivity index (χ2v) is 7.78. The average Bonchev–Trinajstić information content (AvgIpc) is 2.67. The minimum atomic E-state index is 0.177. The molecule has 5 nitrogen and oxygen atoms in total. The number of hydrogen-bond acceptors (Lipinski definition) is 4. The van der Waals surface area contributed by atoms with E-state index in [2.05, 4.69) is 22.2 Å². The van der Waals surface area contributed by atoms with Gasteiger partial charge in [-0.1, -0.05) is 12.1 Å². The molecule has 0 radical (unpaired) electrons. The maximum atomic E-state index is 12.4. The third-order valence-corrected chi connectivity index (χ3v) is 5.82. The summed E-state index contributed by atoms with van der Waals surface area (Å²) in [5, 5.41) is 3.27. The van der Waals surface area contributed by atoms with Gasteiger partial charge in [0.15, 0.2) is 0 Å². The van der Waals surface area contributed by atoms with Gasteiger partial charge in [0.05, 0.1) is 7.11 Å². The molecule has 1 atom stereocenters. The summed E-state index contributed by atoms with van der Waals surface area (Å²) in [5.74, 6) is 1.03. The Labute approximate surface area is 157 Å². The Bertz CT molecular complexity index is 567. The van der Waals surface area contributed by atoms with E-state index in [1.807, 2.05) is 24.3 Å². The fourth-order valence-corrected chi connectivity index (χ4v) is 4.17. The number of benzene rings is 1. The summed E-state index contributed by atoms with van der Waals surface area (Å²) in [6.45, 7) is 4.59. The number of likely N-dealkylation sites (tertiary alicyclic amines) is 2. The number of ether oxygens (including phenoxy) is 1. The lowest BCUT2D eigenvalue weighted by Gasteiger charge is -2.41. The van der Waals surface area contributed by atoms with Crippen LogP contribution in [0.4, 0.5) is 0 Å². The molecular weight excluding hydrogens is 326 g/mol. The van der Waals surface area contributed by atoms with Crippen molar-refractivity contribution in [1.29, 1.82) is 0 Å². The minimum absolute atomic E-state index is 0.177. The Hall–Kier alpha value is -1.59. The number of piperidine rings is 2. The fraction of sp³-hybridized carbons (Fsp3) is 0.667. The molecule has 1 unspecified atom stereocenters. The summed E-state index contributed by atoms with van der Waals surface area (Å²) in [6, 6.07) is 8.99. The first-order valence-corrected chi connectivity index (χ1v) is 9.99. The van der Waals surface area contributed by atoms with Gasteiger partial charge in [0.1, 0.15) is 5.75 Å². The van der Waals surface area contributed by atoms with Crippen LogP contribution in [-0.4, -0.2) is 68.1 Å². The first-order valence-electron chi connectivity index (χ1n) is 9.99. The largest absolute Gasteiger partial charge is 0.497 e. The Morgan fingerprint density at radius 3 is 2.58 bits per heavy atom. The van der Waals surface area contributed by atoms with Crippen molar-refractivity contribution in [3.63, 3.8) is 0 Å². The number of nitrogens with zero attached hydrogens (tertiary/aromatic N) is 2. The highest BCUT2D eigenvalue weighted by Gasteiger charge is 2.28. The summed E-state index contributed by atoms with van der Waals surface area (Å²) in [6.07, 6.45) is 6.15. The standard InChI is InChI=1S/C21H33N3O2/c1-23-14-11-19(12-15-23)24-13-3-4-18(16-24)22-21(25)10-7-17-5-8-20(26-2)9-6-17/h5-6,8-9,18-19H,3-4,7,10-16H2,1-2H3,(H,22,25). The Morgan fingerprint density at radius 2 is 1.88 bits per heavy atom. The second-order valence-electron chi connectivity index (χ2n) is 7.78. The van der Waals surface area contributed by atoms with Crippen LogP contribution in [0.2, 0.25) is 0 Å². The van der Waals surface area contributed by atoms with Crippen LogP contribution in [0.25, 0.3) is 0 Å². The van der Waals surface area contributed by atoms with Crippen molar-refractivity contribution in [2.45, 2.75) is 50.6 Å². The number of hydrogen-bond donors (Lipinski definition) is 1. The van der Waals surface area contributed by atoms with Gasteiger partial charge in [-0.2, -0.15) is 0 Å². The van der Waals surface area contributed by atoms with Crippen LogP contribution in [-0.2, 0) is 11.2 Å². The van der Waals surface area contributed by atoms with Crippen molar-refractivity contribution >= 4 is 5.91 Å². The number of methoxy groups -OCH3 is 1. The lowest BCUT2D eigenvalue weighted by molar-refractivity contribution is -0.122. The zero-order valence-corrected chi connectivity index (χ0v) is 16.2. The molecule has 2 fully saturated rings. The number of nitrogens with one attached hydrogen (secondary N) is 1. The third kappa shape index (κ3) is 5.45. The highest BCUT2D eigenvalue weighted by Crippen LogP contribution is 2.20. The first kappa shape index (κ1) is 19.2. The van der Waals surface area contributed by atoms with Crippen LogP contribution in [0.5, 0.6) is 5.75 Å². The average molecular weight is 360 g/mol. The highest BCUT2D eigenvalue weighted by atomic mass is 16.5. The molecule has 2 heterocycles. The molecule has 1 aromatic rings. The Balaban J connectivity index is 1.41. The number of carbonyl (C=O) groups excluding carboxylic acids is 1. The Morgan fingerprint density at radius 1 is 1.15 bits per heavy atom. The molecule has 0 aromatic heterocycles. The molecule has 0 spiro atoms. The number of rotatable bonds is 6. The van der Waals surface area contributed by atoms with Gasteiger partial charge in [-0.05, 0) is 76.5 Å². The zero-order chi connectivity index (χ0) is 18.4. The monoisotopic (exact) mass is 359 g/mol. The first-order chi connectivity index (χ1) is 12.6. The lowest BCUT2D eigenvalue weighted by Crippen LogP contribution is -2.53. The molecular formula is C21H33N3O2. The molecule has 2 saturated heterocycles. The Kier molecular flexibility index (Phi) is 6.92. The number of amides is 1. The van der Waals surface area contributed by atoms with Crippen LogP contribution >= 0.6 is 0 Å². The van der Waals surface area contributed by atoms with Gasteiger partial charge in [-0.15, -0.1) is 0 Å². The van der Waals surface area contributed by atoms with Gasteiger partial charge in [-0.25, -0.2) is 0 Å². The summed E-state index contributed by atoms with van der Waals surface area (Å²) in [5.41, 5.74) is 1.18. The topological polar surface area (TPSA) is 44.8 Å². The summed E-state index contributed by atoms with van der Waals surface area (Å²) in [7, 11) is 3.87. The molecule has 3 rings (SSSR count). The smallest absolute Gasteiger partial charge is 0.220 e. The van der Waals surface area contributed by atoms with Crippen LogP contribution in [0, 0.1) is 0 Å². The van der Waals surface area contributed by atoms with Gasteiger partial charge < -0.3 is 15.0 Å². The van der Waals surface area contributed by atoms with Gasteiger partial charge in [-0.3, -0.25) is 9.69 Å². The minimum Gasteiger partial charge on any atom is -0.497 e. The molecule has 1 N–H and O–H groups in total. The van der Waals surface area contributed by atoms with Gasteiger partial charge in [0, 0.05) is 25.0 Å². The van der Waals surface area contributed by atoms with Crippen molar-refractivity contribution in [3.05, 3.63) is 29.8 Å². The quantitative estimate of drug-likeness (QED) is 0.847. The SMILES string of the molecule is COc1ccc(CCC(=O)NC2CCCN(C3CCN(C)CC3)C2)cc1. The lowest BCUT2D eigenvalue weighted by atomic mass is 9.98. The molecule has 0 aliphatic carbocycles. The zero-order valence-electron chi connectivity index (χ0n) is 16.2. The molecule has 26 heavy (non-hydrogen) atoms. The van der Waals surface area contributed by atoms with Crippen molar-refractivity contribution < 1.29 is 9.53 Å². The molecule has 1 aromatic carbocycles. The summed E-state index contributed by atoms with van der Waals surface area (Å²) < 4.78 is 5.17. The van der Waals surface area contributed by atoms with E-state index in [0.717, 1.165) is 25.1 Å². The van der Waals surface area contributed by atoms with E-state index in [-0.39, 0.29) is 5.91 Å². The molecule has 144 valence electrons. The van der Waals surface area contributed by atoms with E-state index in [9.17, 15) is 4.79 Å². The van der Waals surface area contributed by atoms with E-state index >= 15 is 0 Å². The number of aryl methyl sites for hydroxylation is 1. The summed E-state index contributed by atoms with van der Waals surface area (Å²) >= 11 is 0. The second kappa shape index (κ2) is 9.38. The number of carbonyl (C=O) groups is 1. The van der Waals surface area contributed by atoms with Gasteiger partial charge in [0.25, 0.3) is 0 Å². The summed E-state index contributed by atoms with van der Waals surface area (Å²) in [4.78, 5) is 17.4. The molecule has 2 aliphatic heterocycles. The van der Waals surface area contributed by atoms with Crippen molar-refractivity contribution in [1.82, 2.24) is 15.1 Å². The van der Waals surface area contributed by atoms with E-state index < -0.39 is 0 Å². The molecule has 2 aliphatic rings. The van der Waals surface area contributed by atoms with Crippen LogP contribution in [0.3, 0.4) is 0 Å². The maximum absolute atomic E-state index is 12.4. The van der Waals surface area contributed by atoms with Crippen molar-refractivity contribution in [3.8, 4) is 5.75 Å². The van der Waals surface area contributed by atoms with Gasteiger partial charge >= 0.3 is 0 Å². The normalized spacial score (nSPS) is 22.9. The van der Waals surface area contributed by atoms with E-state index in [1.165, 1.54) is 44.5 Å². The highest BCUT2D eigenvalue weighted by molar-refractivity contribution is 5.76. The van der Waals surface area contributed by atoms with Crippen LogP contribution in [0.15, 0.2) is 24.3 Å². The van der Waals surface area contributed by atoms with Crippen LogP contribution < -0.4 is 10.1 Å². The predicted octanol–water partition coefficient (Wildman–Crippen LogP) is 2.30.